The van der Waals surface area contributed by atoms with Crippen LogP contribution in [0.4, 0.5) is 11.4 Å². The Balaban J connectivity index is 1.02. The summed E-state index contributed by atoms with van der Waals surface area (Å²) < 4.78 is 7.68. The first-order valence-corrected chi connectivity index (χ1v) is 32.8. The number of hydrogen-bond acceptors (Lipinski definition) is 6. The molecule has 1 amide bonds. The monoisotopic (exact) mass is 1200 g/mol. The zero-order valence-corrected chi connectivity index (χ0v) is 54.9. The summed E-state index contributed by atoms with van der Waals surface area (Å²) in [5.74, 6) is -1.48. The third-order valence-corrected chi connectivity index (χ3v) is 20.4. The molecule has 0 bridgehead atoms. The van der Waals surface area contributed by atoms with Crippen molar-refractivity contribution < 1.29 is 14.7 Å². The second kappa shape index (κ2) is 21.3. The van der Waals surface area contributed by atoms with Crippen LogP contribution in [-0.4, -0.2) is 53.0 Å². The molecule has 442 valence electrons. The van der Waals surface area contributed by atoms with E-state index in [-0.39, 0.29) is 31.9 Å². The lowest BCUT2D eigenvalue weighted by molar-refractivity contribution is -0.140. The topological polar surface area (TPSA) is 75.6 Å². The zero-order chi connectivity index (χ0) is 61.4. The quantitative estimate of drug-likeness (QED) is 0.0785. The van der Waals surface area contributed by atoms with Crippen LogP contribution in [0.5, 0.6) is 0 Å². The molecule has 87 heavy (non-hydrogen) atoms. The van der Waals surface area contributed by atoms with E-state index in [0.29, 0.717) is 4.91 Å². The van der Waals surface area contributed by atoms with Crippen molar-refractivity contribution in [3.8, 4) is 17.1 Å². The Morgan fingerprint density at radius 1 is 0.460 bits per heavy atom. The van der Waals surface area contributed by atoms with E-state index in [1.54, 1.807) is 11.8 Å². The van der Waals surface area contributed by atoms with Crippen molar-refractivity contribution in [3.63, 3.8) is 0 Å². The van der Waals surface area contributed by atoms with Crippen LogP contribution in [0.15, 0.2) is 160 Å². The number of carboxylic acid groups (broad SMARTS) is 1. The van der Waals surface area contributed by atoms with Gasteiger partial charge in [-0.2, -0.15) is 0 Å². The Kier molecular flexibility index (Phi) is 14.3. The highest BCUT2D eigenvalue weighted by Gasteiger charge is 2.34. The molecule has 1 fully saturated rings. The SMILES string of the molecule is CCCCCCN1c2ccc(/C=C3\SC(=S)N(CC(=O)O)C3=O)cc2Sc2cc(-n3c4ccc(-n5c6ccc(C(C)(C)C)cc6c6cc(C(C)(C)C)ccc65)cc4c4cc(-n5c6ccc(C(C)(C)C)cc6c6cc(C(C)(C)C)ccc65)ccc43)ccc21. The lowest BCUT2D eigenvalue weighted by atomic mass is 9.85. The van der Waals surface area contributed by atoms with Crippen molar-refractivity contribution in [2.24, 2.45) is 0 Å². The van der Waals surface area contributed by atoms with E-state index in [1.165, 1.54) is 78.0 Å². The van der Waals surface area contributed by atoms with Crippen molar-refractivity contribution >= 4 is 135 Å². The molecular weight excluding hydrogens is 1130 g/mol. The van der Waals surface area contributed by atoms with Gasteiger partial charge in [-0.3, -0.25) is 14.5 Å². The van der Waals surface area contributed by atoms with E-state index in [9.17, 15) is 14.7 Å². The molecule has 0 saturated carbocycles. The number of benzene rings is 8. The van der Waals surface area contributed by atoms with Gasteiger partial charge in [0.1, 0.15) is 10.9 Å². The van der Waals surface area contributed by atoms with Crippen molar-refractivity contribution in [1.82, 2.24) is 18.6 Å². The first kappa shape index (κ1) is 58.4. The Morgan fingerprint density at radius 2 is 0.839 bits per heavy atom. The highest BCUT2D eigenvalue weighted by Crippen LogP contribution is 2.51. The highest BCUT2D eigenvalue weighted by molar-refractivity contribution is 8.26. The number of aromatic nitrogens is 3. The van der Waals surface area contributed by atoms with E-state index >= 15 is 0 Å². The molecule has 2 aliphatic rings. The fraction of sp³-hybridized carbons (Fsp3) is 0.303. The second-order valence-corrected chi connectivity index (χ2v) is 31.0. The molecular formula is C76H77N5O3S3. The number of aliphatic carboxylic acids is 1. The molecule has 0 unspecified atom stereocenters. The summed E-state index contributed by atoms with van der Waals surface area (Å²) in [5.41, 5.74) is 18.6. The standard InChI is InChI=1S/C76H77N5O3S3/c1-14-15-16-17-34-77-65-26-18-45(36-69-71(84)78(44-70(82)83)72(85)87-69)35-67(65)86-68-43-52(25-33-66(68)77)81-63-31-23-50(79-59-27-19-46(73(2,3)4)37-53(59)54-38-47(74(5,6)7)20-28-60(54)79)41-57(63)58-42-51(24-32-64(58)81)80-61-29-21-48(75(8,9)10)39-55(61)56-40-49(76(11,12)13)22-30-62(56)80/h18-33,35-43H,14-17,34,44H2,1-13H3,(H,82,83)/b69-36-. The fourth-order valence-corrected chi connectivity index (χ4v) is 15.4. The van der Waals surface area contributed by atoms with Crippen LogP contribution in [0.2, 0.25) is 0 Å². The van der Waals surface area contributed by atoms with Crippen LogP contribution in [0.25, 0.3) is 88.6 Å². The summed E-state index contributed by atoms with van der Waals surface area (Å²) in [4.78, 5) is 31.4. The largest absolute Gasteiger partial charge is 0.480 e. The van der Waals surface area contributed by atoms with Gasteiger partial charge in [0.05, 0.1) is 49.4 Å². The Morgan fingerprint density at radius 3 is 1.25 bits per heavy atom. The summed E-state index contributed by atoms with van der Waals surface area (Å²) in [6.45, 7) is 30.3. The predicted octanol–water partition coefficient (Wildman–Crippen LogP) is 20.6. The summed E-state index contributed by atoms with van der Waals surface area (Å²) >= 11 is 8.38. The van der Waals surface area contributed by atoms with Crippen LogP contribution in [0, 0.1) is 0 Å². The minimum absolute atomic E-state index is 0.0191. The average molecular weight is 1200 g/mol. The number of amides is 1. The number of anilines is 2. The van der Waals surface area contributed by atoms with Crippen LogP contribution in [-0.2, 0) is 31.2 Å². The smallest absolute Gasteiger partial charge is 0.323 e. The molecule has 1 N–H and O–H groups in total. The number of thioether (sulfide) groups is 1. The predicted molar refractivity (Wildman–Crippen MR) is 373 cm³/mol. The van der Waals surface area contributed by atoms with Gasteiger partial charge in [-0.25, -0.2) is 0 Å². The van der Waals surface area contributed by atoms with Crippen LogP contribution < -0.4 is 4.90 Å². The molecule has 5 heterocycles. The summed E-state index contributed by atoms with van der Waals surface area (Å²) in [6, 6.07) is 55.9. The minimum atomic E-state index is -1.10. The number of hydrogen-bond donors (Lipinski definition) is 1. The molecule has 11 heteroatoms. The fourth-order valence-electron chi connectivity index (χ4n) is 13.0. The number of fused-ring (bicyclic) bond motifs is 11. The Labute approximate surface area is 525 Å². The number of carbonyl (C=O) groups excluding carboxylic acids is 1. The van der Waals surface area contributed by atoms with Crippen LogP contribution in [0.1, 0.15) is 144 Å². The molecule has 3 aromatic heterocycles. The number of carbonyl (C=O) groups is 2. The Hall–Kier alpha value is -7.57. The normalized spacial score (nSPS) is 14.8. The Bertz CT molecular complexity index is 4390. The van der Waals surface area contributed by atoms with Gasteiger partial charge in [-0.1, -0.05) is 175 Å². The maximum atomic E-state index is 13.5. The number of unbranched alkanes of at least 4 members (excludes halogenated alkanes) is 3. The minimum Gasteiger partial charge on any atom is -0.480 e. The molecule has 11 aromatic rings. The summed E-state index contributed by atoms with van der Waals surface area (Å²) in [5, 5.41) is 16.9. The second-order valence-electron chi connectivity index (χ2n) is 28.2. The molecule has 0 radical (unpaired) electrons. The van der Waals surface area contributed by atoms with E-state index in [2.05, 4.69) is 254 Å². The number of carboxylic acids is 1. The van der Waals surface area contributed by atoms with Gasteiger partial charge in [-0.15, -0.1) is 0 Å². The lowest BCUT2D eigenvalue weighted by Crippen LogP contribution is -2.33. The van der Waals surface area contributed by atoms with Gasteiger partial charge in [0.25, 0.3) is 5.91 Å². The molecule has 2 aliphatic heterocycles. The number of rotatable bonds is 11. The molecule has 0 spiro atoms. The summed E-state index contributed by atoms with van der Waals surface area (Å²) in [6.07, 6.45) is 6.36. The van der Waals surface area contributed by atoms with Gasteiger partial charge in [0.15, 0.2) is 0 Å². The van der Waals surface area contributed by atoms with Gasteiger partial charge >= 0.3 is 5.97 Å². The highest BCUT2D eigenvalue weighted by atomic mass is 32.2. The maximum Gasteiger partial charge on any atom is 0.323 e. The molecule has 0 aliphatic carbocycles. The number of nitrogens with zero attached hydrogens (tertiary/aromatic N) is 5. The molecule has 1 saturated heterocycles. The van der Waals surface area contributed by atoms with Crippen LogP contribution in [0.3, 0.4) is 0 Å². The first-order chi connectivity index (χ1) is 41.2. The van der Waals surface area contributed by atoms with Gasteiger partial charge < -0.3 is 23.7 Å². The van der Waals surface area contributed by atoms with Crippen molar-refractivity contribution in [2.45, 2.75) is 147 Å². The van der Waals surface area contributed by atoms with Crippen molar-refractivity contribution in [1.29, 1.82) is 0 Å². The first-order valence-electron chi connectivity index (χ1n) is 30.7. The molecule has 8 aromatic carbocycles. The number of thiocarbonyl (C=S) groups is 1. The maximum absolute atomic E-state index is 13.5. The van der Waals surface area contributed by atoms with Gasteiger partial charge in [0, 0.05) is 65.7 Å². The van der Waals surface area contributed by atoms with E-state index in [0.717, 1.165) is 102 Å². The van der Waals surface area contributed by atoms with E-state index in [4.69, 9.17) is 12.2 Å². The van der Waals surface area contributed by atoms with E-state index < -0.39 is 12.5 Å². The zero-order valence-electron chi connectivity index (χ0n) is 52.4. The summed E-state index contributed by atoms with van der Waals surface area (Å²) in [7, 11) is 0. The lowest BCUT2D eigenvalue weighted by Gasteiger charge is -2.33. The van der Waals surface area contributed by atoms with E-state index in [1.807, 2.05) is 6.08 Å². The van der Waals surface area contributed by atoms with Crippen molar-refractivity contribution in [3.05, 3.63) is 178 Å². The third kappa shape index (κ3) is 10.3. The molecule has 0 atom stereocenters. The average Bonchev–Trinajstić information content (AvgIpc) is 1.66. The van der Waals surface area contributed by atoms with Crippen molar-refractivity contribution in [2.75, 3.05) is 18.0 Å². The van der Waals surface area contributed by atoms with Gasteiger partial charge in [-0.05, 0) is 177 Å². The molecule has 13 rings (SSSR count). The van der Waals surface area contributed by atoms with Gasteiger partial charge in [0.2, 0.25) is 0 Å². The van der Waals surface area contributed by atoms with Crippen LogP contribution >= 0.6 is 35.7 Å². The molecule has 8 nitrogen and oxygen atoms in total. The third-order valence-electron chi connectivity index (χ3n) is 17.9.